The smallest absolute Gasteiger partial charge is 0.258 e. The number of aliphatic hydroxyl groups excluding tert-OH is 1. The van der Waals surface area contributed by atoms with Crippen LogP contribution in [0.4, 0.5) is 5.69 Å². The van der Waals surface area contributed by atoms with Crippen molar-refractivity contribution in [2.75, 3.05) is 6.54 Å². The third-order valence-corrected chi connectivity index (χ3v) is 4.21. The second kappa shape index (κ2) is 9.60. The minimum atomic E-state index is -0.556. The predicted molar refractivity (Wildman–Crippen MR) is 114 cm³/mol. The first-order valence-corrected chi connectivity index (χ1v) is 9.31. The van der Waals surface area contributed by atoms with Crippen LogP contribution in [0.1, 0.15) is 41.0 Å². The highest BCUT2D eigenvalue weighted by Crippen LogP contribution is 2.23. The van der Waals surface area contributed by atoms with Crippen LogP contribution in [0.2, 0.25) is 0 Å². The van der Waals surface area contributed by atoms with E-state index in [-0.39, 0.29) is 28.5 Å². The van der Waals surface area contributed by atoms with E-state index >= 15 is 0 Å². The van der Waals surface area contributed by atoms with Crippen LogP contribution in [-0.2, 0) is 4.79 Å². The normalized spacial score (nSPS) is 13.4. The molecule has 0 fully saturated rings. The molecule has 148 valence electrons. The van der Waals surface area contributed by atoms with E-state index in [9.17, 15) is 9.90 Å². The van der Waals surface area contributed by atoms with Gasteiger partial charge in [-0.2, -0.15) is 0 Å². The summed E-state index contributed by atoms with van der Waals surface area (Å²) >= 11 is 4.32. The van der Waals surface area contributed by atoms with Crippen molar-refractivity contribution < 1.29 is 9.90 Å². The average Bonchev–Trinajstić information content (AvgIpc) is 2.55. The molecule has 1 rings (SSSR count). The van der Waals surface area contributed by atoms with Crippen molar-refractivity contribution >= 4 is 35.8 Å². The van der Waals surface area contributed by atoms with Gasteiger partial charge in [0.1, 0.15) is 11.4 Å². The van der Waals surface area contributed by atoms with Gasteiger partial charge >= 0.3 is 0 Å². The highest BCUT2D eigenvalue weighted by molar-refractivity contribution is 7.80. The number of nitrogens with one attached hydrogen (secondary N) is 2. The second-order valence-electron chi connectivity index (χ2n) is 7.84. The Labute approximate surface area is 166 Å². The van der Waals surface area contributed by atoms with Gasteiger partial charge in [-0.3, -0.25) is 4.79 Å². The molecule has 0 saturated carbocycles. The van der Waals surface area contributed by atoms with Crippen LogP contribution in [0.5, 0.6) is 0 Å². The highest BCUT2D eigenvalue weighted by Gasteiger charge is 2.24. The van der Waals surface area contributed by atoms with Crippen LogP contribution in [0.25, 0.3) is 0 Å². The van der Waals surface area contributed by atoms with Crippen LogP contribution < -0.4 is 11.1 Å². The summed E-state index contributed by atoms with van der Waals surface area (Å²) in [5.74, 6) is -1.45. The van der Waals surface area contributed by atoms with Crippen LogP contribution in [-0.4, -0.2) is 29.1 Å². The molecule has 7 heteroatoms. The molecular weight excluding hydrogens is 360 g/mol. The molecule has 0 saturated heterocycles. The topological polar surface area (TPSA) is 112 Å². The van der Waals surface area contributed by atoms with E-state index in [4.69, 9.17) is 11.1 Å². The zero-order valence-electron chi connectivity index (χ0n) is 16.6. The van der Waals surface area contributed by atoms with Crippen LogP contribution in [0.3, 0.4) is 0 Å². The van der Waals surface area contributed by atoms with Crippen molar-refractivity contribution in [3.63, 3.8) is 0 Å². The van der Waals surface area contributed by atoms with Crippen LogP contribution in [0, 0.1) is 16.7 Å². The number of thiol groups is 1. The maximum atomic E-state index is 12.7. The number of aliphatic hydroxyl groups is 1. The minimum Gasteiger partial charge on any atom is -0.505 e. The number of nitrogens with two attached hydrogens (primary N) is 1. The van der Waals surface area contributed by atoms with Gasteiger partial charge in [0.2, 0.25) is 0 Å². The maximum absolute atomic E-state index is 12.7. The van der Waals surface area contributed by atoms with Crippen molar-refractivity contribution in [2.45, 2.75) is 45.9 Å². The first-order valence-electron chi connectivity index (χ1n) is 8.87. The number of amidine groups is 1. The van der Waals surface area contributed by atoms with Gasteiger partial charge in [-0.05, 0) is 29.9 Å². The molecule has 1 aromatic carbocycles. The standard InChI is InChI=1S/C20H30N4O2S/c1-12(2)16(21)17(25)15(19(26)23-11-10-20(3,4)5)18(22)24-13-8-6-7-9-14(13)27/h6-9,12,21,25,27H,10-11H2,1-5H3,(H2,22,24)(H,23,26)/b17-15+,21-16?. The van der Waals surface area contributed by atoms with Crippen LogP contribution in [0.15, 0.2) is 45.5 Å². The number of nitrogens with zero attached hydrogens (tertiary/aromatic N) is 1. The number of hydrogen-bond donors (Lipinski definition) is 5. The minimum absolute atomic E-state index is 0.0500. The summed E-state index contributed by atoms with van der Waals surface area (Å²) in [5, 5.41) is 21.3. The van der Waals surface area contributed by atoms with Gasteiger partial charge in [-0.15, -0.1) is 12.6 Å². The Kier molecular flexibility index (Phi) is 8.09. The summed E-state index contributed by atoms with van der Waals surface area (Å²) < 4.78 is 0. The van der Waals surface area contributed by atoms with E-state index in [2.05, 4.69) is 43.7 Å². The Morgan fingerprint density at radius 2 is 1.93 bits per heavy atom. The Balaban J connectivity index is 3.26. The molecule has 0 aromatic heterocycles. The molecule has 1 amide bonds. The van der Waals surface area contributed by atoms with Crippen molar-refractivity contribution in [3.8, 4) is 0 Å². The zero-order valence-corrected chi connectivity index (χ0v) is 17.5. The second-order valence-corrected chi connectivity index (χ2v) is 8.33. The van der Waals surface area contributed by atoms with Crippen LogP contribution >= 0.6 is 12.6 Å². The van der Waals surface area contributed by atoms with Crippen molar-refractivity contribution in [1.82, 2.24) is 5.32 Å². The molecule has 5 N–H and O–H groups in total. The van der Waals surface area contributed by atoms with E-state index in [0.29, 0.717) is 17.1 Å². The predicted octanol–water partition coefficient (Wildman–Crippen LogP) is 4.00. The van der Waals surface area contributed by atoms with Gasteiger partial charge in [0, 0.05) is 11.4 Å². The number of amides is 1. The van der Waals surface area contributed by atoms with E-state index in [1.54, 1.807) is 38.1 Å². The van der Waals surface area contributed by atoms with Gasteiger partial charge < -0.3 is 21.6 Å². The number of aliphatic imine (C=N–C) groups is 1. The van der Waals surface area contributed by atoms with Gasteiger partial charge in [-0.25, -0.2) is 4.99 Å². The number of allylic oxidation sites excluding steroid dienone is 1. The SMILES string of the molecule is CC(C)C(=N)/C(O)=C(\C(=O)NCCC(C)(C)C)C(N)=Nc1ccccc1S. The summed E-state index contributed by atoms with van der Waals surface area (Å²) in [7, 11) is 0. The first kappa shape index (κ1) is 22.8. The summed E-state index contributed by atoms with van der Waals surface area (Å²) in [6.45, 7) is 10.1. The summed E-state index contributed by atoms with van der Waals surface area (Å²) in [6.07, 6.45) is 0.755. The monoisotopic (exact) mass is 390 g/mol. The molecule has 0 heterocycles. The molecule has 0 aliphatic carbocycles. The molecule has 27 heavy (non-hydrogen) atoms. The van der Waals surface area contributed by atoms with Gasteiger partial charge in [0.05, 0.1) is 11.4 Å². The zero-order chi connectivity index (χ0) is 20.8. The fourth-order valence-corrected chi connectivity index (χ4v) is 2.35. The number of rotatable bonds is 7. The van der Waals surface area contributed by atoms with E-state index in [1.807, 2.05) is 0 Å². The molecule has 1 aromatic rings. The lowest BCUT2D eigenvalue weighted by Crippen LogP contribution is -2.35. The molecule has 0 aliphatic rings. The average molecular weight is 391 g/mol. The van der Waals surface area contributed by atoms with E-state index in [1.165, 1.54) is 0 Å². The molecule has 0 atom stereocenters. The molecule has 0 radical (unpaired) electrons. The first-order chi connectivity index (χ1) is 12.4. The largest absolute Gasteiger partial charge is 0.505 e. The quantitative estimate of drug-likeness (QED) is 0.159. The lowest BCUT2D eigenvalue weighted by Gasteiger charge is -2.19. The van der Waals surface area contributed by atoms with Gasteiger partial charge in [-0.1, -0.05) is 46.8 Å². The van der Waals surface area contributed by atoms with Gasteiger partial charge in [0.15, 0.2) is 5.76 Å². The fourth-order valence-electron chi connectivity index (χ4n) is 2.14. The summed E-state index contributed by atoms with van der Waals surface area (Å²) in [6, 6.07) is 7.03. The summed E-state index contributed by atoms with van der Waals surface area (Å²) in [5.41, 5.74) is 6.31. The number of carbonyl (C=O) groups is 1. The van der Waals surface area contributed by atoms with E-state index < -0.39 is 11.7 Å². The number of benzene rings is 1. The van der Waals surface area contributed by atoms with Crippen molar-refractivity contribution in [3.05, 3.63) is 35.6 Å². The fraction of sp³-hybridized carbons (Fsp3) is 0.450. The Bertz CT molecular complexity index is 761. The van der Waals surface area contributed by atoms with Crippen molar-refractivity contribution in [1.29, 1.82) is 5.41 Å². The molecule has 0 bridgehead atoms. The number of hydrogen-bond acceptors (Lipinski definition) is 5. The third-order valence-electron chi connectivity index (χ3n) is 3.84. The van der Waals surface area contributed by atoms with Crippen molar-refractivity contribution in [2.24, 2.45) is 22.1 Å². The maximum Gasteiger partial charge on any atom is 0.258 e. The number of carbonyl (C=O) groups excluding carboxylic acids is 1. The highest BCUT2D eigenvalue weighted by atomic mass is 32.1. The molecule has 0 spiro atoms. The Morgan fingerprint density at radius 3 is 2.44 bits per heavy atom. The molecule has 0 unspecified atom stereocenters. The summed E-state index contributed by atoms with van der Waals surface area (Å²) in [4.78, 5) is 17.5. The lowest BCUT2D eigenvalue weighted by atomic mass is 9.92. The molecule has 6 nitrogen and oxygen atoms in total. The van der Waals surface area contributed by atoms with E-state index in [0.717, 1.165) is 6.42 Å². The third kappa shape index (κ3) is 7.09. The lowest BCUT2D eigenvalue weighted by molar-refractivity contribution is -0.117. The Hall–Kier alpha value is -2.28. The van der Waals surface area contributed by atoms with Gasteiger partial charge in [0.25, 0.3) is 5.91 Å². The molecular formula is C20H30N4O2S. The number of para-hydroxylation sites is 1. The Morgan fingerprint density at radius 1 is 1.33 bits per heavy atom. The molecule has 0 aliphatic heterocycles.